The lowest BCUT2D eigenvalue weighted by molar-refractivity contribution is 0.122. The third kappa shape index (κ3) is 5.25. The normalized spacial score (nSPS) is 17.9. The first-order valence-electron chi connectivity index (χ1n) is 11.6. The van der Waals surface area contributed by atoms with Crippen molar-refractivity contribution in [2.75, 3.05) is 41.7 Å². The molecule has 5 rings (SSSR count). The molecule has 0 radical (unpaired) electrons. The molecule has 1 aromatic carbocycles. The first kappa shape index (κ1) is 22.0. The van der Waals surface area contributed by atoms with Crippen molar-refractivity contribution >= 4 is 32.4 Å². The lowest BCUT2D eigenvalue weighted by Crippen LogP contribution is -2.36. The van der Waals surface area contributed by atoms with E-state index in [4.69, 9.17) is 4.74 Å². The van der Waals surface area contributed by atoms with Crippen LogP contribution in [0.3, 0.4) is 0 Å². The summed E-state index contributed by atoms with van der Waals surface area (Å²) in [4.78, 5) is 15.5. The van der Waals surface area contributed by atoms with Gasteiger partial charge in [0.05, 0.1) is 36.4 Å². The molecule has 0 amide bonds. The van der Waals surface area contributed by atoms with Gasteiger partial charge in [0.2, 0.25) is 10.0 Å². The first-order chi connectivity index (χ1) is 16.1. The molecular formula is C24H29N5O3S. The van der Waals surface area contributed by atoms with Crippen LogP contribution in [0, 0.1) is 5.92 Å². The van der Waals surface area contributed by atoms with E-state index >= 15 is 0 Å². The van der Waals surface area contributed by atoms with Gasteiger partial charge in [-0.3, -0.25) is 9.71 Å². The predicted molar refractivity (Wildman–Crippen MR) is 130 cm³/mol. The lowest BCUT2D eigenvalue weighted by Gasteiger charge is -2.28. The van der Waals surface area contributed by atoms with E-state index in [0.29, 0.717) is 18.9 Å². The monoisotopic (exact) mass is 467 g/mol. The molecule has 0 unspecified atom stereocenters. The zero-order valence-corrected chi connectivity index (χ0v) is 19.4. The molecule has 2 aromatic heterocycles. The summed E-state index contributed by atoms with van der Waals surface area (Å²) in [5.41, 5.74) is 3.13. The van der Waals surface area contributed by atoms with Crippen molar-refractivity contribution in [3.63, 3.8) is 0 Å². The average Bonchev–Trinajstić information content (AvgIpc) is 2.84. The molecule has 9 heteroatoms. The molecule has 0 spiro atoms. The Kier molecular flexibility index (Phi) is 6.41. The van der Waals surface area contributed by atoms with Crippen molar-refractivity contribution in [2.45, 2.75) is 32.1 Å². The summed E-state index contributed by atoms with van der Waals surface area (Å²) in [6.45, 7) is 2.93. The van der Waals surface area contributed by atoms with E-state index in [2.05, 4.69) is 30.6 Å². The Bertz CT molecular complexity index is 1220. The van der Waals surface area contributed by atoms with E-state index in [1.165, 1.54) is 6.42 Å². The number of morpholine rings is 1. The van der Waals surface area contributed by atoms with E-state index in [1.54, 1.807) is 18.7 Å². The second-order valence-corrected chi connectivity index (χ2v) is 10.6. The van der Waals surface area contributed by atoms with Crippen molar-refractivity contribution in [1.29, 1.82) is 0 Å². The van der Waals surface area contributed by atoms with Gasteiger partial charge in [0.1, 0.15) is 12.1 Å². The fourth-order valence-electron chi connectivity index (χ4n) is 4.79. The van der Waals surface area contributed by atoms with Gasteiger partial charge in [-0.15, -0.1) is 0 Å². The van der Waals surface area contributed by atoms with Gasteiger partial charge < -0.3 is 9.64 Å². The number of nitrogens with zero attached hydrogens (tertiary/aromatic N) is 4. The molecule has 33 heavy (non-hydrogen) atoms. The molecule has 0 bridgehead atoms. The van der Waals surface area contributed by atoms with Gasteiger partial charge in [-0.05, 0) is 42.5 Å². The molecule has 1 aliphatic carbocycles. The number of hydrogen-bond acceptors (Lipinski definition) is 7. The molecule has 3 aromatic rings. The Labute approximate surface area is 194 Å². The highest BCUT2D eigenvalue weighted by Crippen LogP contribution is 2.30. The maximum Gasteiger partial charge on any atom is 0.233 e. The lowest BCUT2D eigenvalue weighted by atomic mass is 9.91. The molecular weight excluding hydrogens is 438 g/mol. The number of fused-ring (bicyclic) bond motifs is 1. The zero-order valence-electron chi connectivity index (χ0n) is 18.6. The number of sulfonamides is 1. The van der Waals surface area contributed by atoms with Crippen molar-refractivity contribution in [2.24, 2.45) is 5.92 Å². The quantitative estimate of drug-likeness (QED) is 0.588. The van der Waals surface area contributed by atoms with Crippen LogP contribution in [0.15, 0.2) is 43.0 Å². The molecule has 2 fully saturated rings. The van der Waals surface area contributed by atoms with Crippen molar-refractivity contribution < 1.29 is 13.2 Å². The van der Waals surface area contributed by atoms with Gasteiger partial charge >= 0.3 is 0 Å². The molecule has 0 atom stereocenters. The number of anilines is 2. The Morgan fingerprint density at radius 2 is 1.82 bits per heavy atom. The minimum Gasteiger partial charge on any atom is -0.378 e. The van der Waals surface area contributed by atoms with Crippen LogP contribution in [-0.2, 0) is 14.8 Å². The van der Waals surface area contributed by atoms with Crippen LogP contribution in [0.1, 0.15) is 32.1 Å². The van der Waals surface area contributed by atoms with E-state index in [-0.39, 0.29) is 11.7 Å². The Morgan fingerprint density at radius 1 is 1.00 bits per heavy atom. The van der Waals surface area contributed by atoms with Crippen LogP contribution in [0.4, 0.5) is 11.5 Å². The van der Waals surface area contributed by atoms with Crippen LogP contribution < -0.4 is 9.62 Å². The Morgan fingerprint density at radius 3 is 2.64 bits per heavy atom. The minimum atomic E-state index is -3.42. The molecule has 3 heterocycles. The summed E-state index contributed by atoms with van der Waals surface area (Å²) in [5, 5.41) is 0.959. The number of aromatic nitrogens is 3. The van der Waals surface area contributed by atoms with Crippen LogP contribution >= 0.6 is 0 Å². The van der Waals surface area contributed by atoms with Gasteiger partial charge in [0, 0.05) is 30.2 Å². The fourth-order valence-corrected chi connectivity index (χ4v) is 6.30. The summed E-state index contributed by atoms with van der Waals surface area (Å²) in [6, 6.07) is 7.84. The molecule has 2 aliphatic rings. The van der Waals surface area contributed by atoms with Gasteiger partial charge in [0.25, 0.3) is 0 Å². The molecule has 174 valence electrons. The van der Waals surface area contributed by atoms with Gasteiger partial charge in [-0.1, -0.05) is 25.3 Å². The van der Waals surface area contributed by atoms with Crippen LogP contribution in [-0.4, -0.2) is 55.4 Å². The Balaban J connectivity index is 1.40. The maximum absolute atomic E-state index is 12.7. The first-order valence-corrected chi connectivity index (χ1v) is 13.3. The summed E-state index contributed by atoms with van der Waals surface area (Å²) in [6.07, 6.45) is 10.3. The highest BCUT2D eigenvalue weighted by Gasteiger charge is 2.22. The second kappa shape index (κ2) is 9.61. The fraction of sp³-hybridized carbons (Fsp3) is 0.458. The number of rotatable bonds is 6. The third-order valence-corrected chi connectivity index (χ3v) is 7.91. The number of pyridine rings is 1. The Hall–Kier alpha value is -2.78. The third-order valence-electron chi connectivity index (χ3n) is 6.45. The SMILES string of the molecule is O=S(=O)(CC1CCCCC1)Nc1cncc(-c2ccc3ncnc(N4CCOCC4)c3c2)c1. The zero-order chi connectivity index (χ0) is 22.7. The van der Waals surface area contributed by atoms with Crippen molar-refractivity contribution in [1.82, 2.24) is 15.0 Å². The van der Waals surface area contributed by atoms with E-state index in [1.807, 2.05) is 18.2 Å². The molecule has 1 N–H and O–H groups in total. The number of hydrogen-bond donors (Lipinski definition) is 1. The molecule has 1 saturated carbocycles. The van der Waals surface area contributed by atoms with Gasteiger partial charge in [0.15, 0.2) is 0 Å². The summed E-state index contributed by atoms with van der Waals surface area (Å²) in [5.74, 6) is 1.31. The van der Waals surface area contributed by atoms with Crippen molar-refractivity contribution in [3.05, 3.63) is 43.0 Å². The smallest absolute Gasteiger partial charge is 0.233 e. The van der Waals surface area contributed by atoms with Crippen LogP contribution in [0.25, 0.3) is 22.0 Å². The van der Waals surface area contributed by atoms with Gasteiger partial charge in [-0.2, -0.15) is 0 Å². The van der Waals surface area contributed by atoms with Crippen LogP contribution in [0.5, 0.6) is 0 Å². The summed E-state index contributed by atoms with van der Waals surface area (Å²) < 4.78 is 33.7. The van der Waals surface area contributed by atoms with E-state index in [0.717, 1.165) is 66.6 Å². The van der Waals surface area contributed by atoms with Crippen LogP contribution in [0.2, 0.25) is 0 Å². The molecule has 8 nitrogen and oxygen atoms in total. The average molecular weight is 468 g/mol. The summed E-state index contributed by atoms with van der Waals surface area (Å²) in [7, 11) is -3.42. The standard InChI is InChI=1S/C24H29N5O3S/c30-33(31,16-18-4-2-1-3-5-18)28-21-12-20(14-25-15-21)19-6-7-23-22(13-19)24(27-17-26-23)29-8-10-32-11-9-29/h6-7,12-15,17-18,28H,1-5,8-11,16H2. The highest BCUT2D eigenvalue weighted by atomic mass is 32.2. The highest BCUT2D eigenvalue weighted by molar-refractivity contribution is 7.92. The molecule has 1 saturated heterocycles. The molecule has 1 aliphatic heterocycles. The topological polar surface area (TPSA) is 97.3 Å². The summed E-state index contributed by atoms with van der Waals surface area (Å²) >= 11 is 0. The van der Waals surface area contributed by atoms with E-state index < -0.39 is 10.0 Å². The predicted octanol–water partition coefficient (Wildman–Crippen LogP) is 3.85. The minimum absolute atomic E-state index is 0.174. The number of ether oxygens (including phenoxy) is 1. The second-order valence-electron chi connectivity index (χ2n) is 8.88. The van der Waals surface area contributed by atoms with E-state index in [9.17, 15) is 8.42 Å². The number of benzene rings is 1. The van der Waals surface area contributed by atoms with Gasteiger partial charge in [-0.25, -0.2) is 18.4 Å². The number of nitrogens with one attached hydrogen (secondary N) is 1. The largest absolute Gasteiger partial charge is 0.378 e. The van der Waals surface area contributed by atoms with Crippen molar-refractivity contribution in [3.8, 4) is 11.1 Å². The maximum atomic E-state index is 12.7.